The van der Waals surface area contributed by atoms with Crippen molar-refractivity contribution in [1.29, 1.82) is 0 Å². The summed E-state index contributed by atoms with van der Waals surface area (Å²) in [6.45, 7) is 2.79. The maximum absolute atomic E-state index is 10.9. The van der Waals surface area contributed by atoms with E-state index in [9.17, 15) is 10.1 Å². The van der Waals surface area contributed by atoms with E-state index in [2.05, 4.69) is 26.6 Å². The zero-order chi connectivity index (χ0) is 12.3. The largest absolute Gasteiger partial charge is 0.379 e. The summed E-state index contributed by atoms with van der Waals surface area (Å²) in [6.07, 6.45) is 1.12. The molecule has 5 nitrogen and oxygen atoms in total. The minimum absolute atomic E-state index is 0.116. The molecule has 2 rings (SSSR count). The summed E-state index contributed by atoms with van der Waals surface area (Å²) in [6, 6.07) is 5.07. The molecule has 0 aromatic heterocycles. The minimum atomic E-state index is -0.361. The molecular formula is C11H14BrN3O2. The summed E-state index contributed by atoms with van der Waals surface area (Å²) >= 11 is 3.24. The number of nitrogens with one attached hydrogen (secondary N) is 2. The molecule has 1 aromatic rings. The van der Waals surface area contributed by atoms with Crippen LogP contribution < -0.4 is 10.6 Å². The van der Waals surface area contributed by atoms with Crippen LogP contribution in [0.15, 0.2) is 22.7 Å². The number of nitro groups is 1. The Labute approximate surface area is 108 Å². The van der Waals surface area contributed by atoms with Gasteiger partial charge in [-0.15, -0.1) is 0 Å². The highest BCUT2D eigenvalue weighted by molar-refractivity contribution is 9.10. The van der Waals surface area contributed by atoms with E-state index in [-0.39, 0.29) is 10.6 Å². The van der Waals surface area contributed by atoms with Crippen LogP contribution in [-0.2, 0) is 0 Å². The van der Waals surface area contributed by atoms with E-state index in [0.29, 0.717) is 11.6 Å². The highest BCUT2D eigenvalue weighted by Crippen LogP contribution is 2.28. The van der Waals surface area contributed by atoms with Gasteiger partial charge in [0.2, 0.25) is 0 Å². The van der Waals surface area contributed by atoms with Gasteiger partial charge in [0.1, 0.15) is 5.69 Å². The lowest BCUT2D eigenvalue weighted by molar-refractivity contribution is -0.384. The van der Waals surface area contributed by atoms with Gasteiger partial charge in [-0.25, -0.2) is 0 Å². The minimum Gasteiger partial charge on any atom is -0.379 e. The van der Waals surface area contributed by atoms with Gasteiger partial charge in [0.05, 0.1) is 4.92 Å². The Morgan fingerprint density at radius 2 is 2.41 bits per heavy atom. The third-order valence-electron chi connectivity index (χ3n) is 2.90. The summed E-state index contributed by atoms with van der Waals surface area (Å²) in [5.41, 5.74) is 0.704. The number of benzene rings is 1. The van der Waals surface area contributed by atoms with Gasteiger partial charge < -0.3 is 10.6 Å². The maximum Gasteiger partial charge on any atom is 0.293 e. The van der Waals surface area contributed by atoms with Gasteiger partial charge in [0.25, 0.3) is 5.69 Å². The van der Waals surface area contributed by atoms with Gasteiger partial charge in [0.15, 0.2) is 0 Å². The molecule has 1 unspecified atom stereocenters. The summed E-state index contributed by atoms with van der Waals surface area (Å²) in [4.78, 5) is 10.5. The number of anilines is 1. The number of hydrogen-bond donors (Lipinski definition) is 2. The lowest BCUT2D eigenvalue weighted by Gasteiger charge is -2.11. The Hall–Kier alpha value is -1.14. The van der Waals surface area contributed by atoms with E-state index in [1.54, 1.807) is 6.07 Å². The van der Waals surface area contributed by atoms with E-state index < -0.39 is 0 Å². The number of halogens is 1. The summed E-state index contributed by atoms with van der Waals surface area (Å²) in [5.74, 6) is 0.554. The number of hydrogen-bond acceptors (Lipinski definition) is 4. The van der Waals surface area contributed by atoms with Gasteiger partial charge in [-0.1, -0.05) is 15.9 Å². The Balaban J connectivity index is 2.06. The van der Waals surface area contributed by atoms with Crippen LogP contribution in [0.3, 0.4) is 0 Å². The van der Waals surface area contributed by atoms with E-state index in [0.717, 1.165) is 30.5 Å². The van der Waals surface area contributed by atoms with Crippen molar-refractivity contribution in [2.75, 3.05) is 25.0 Å². The van der Waals surface area contributed by atoms with Crippen LogP contribution in [0.5, 0.6) is 0 Å². The van der Waals surface area contributed by atoms with Crippen LogP contribution in [-0.4, -0.2) is 24.6 Å². The Kier molecular flexibility index (Phi) is 3.96. The molecule has 2 N–H and O–H groups in total. The molecule has 1 aromatic carbocycles. The molecular weight excluding hydrogens is 286 g/mol. The highest BCUT2D eigenvalue weighted by Gasteiger charge is 2.17. The molecule has 6 heteroatoms. The van der Waals surface area contributed by atoms with Crippen molar-refractivity contribution >= 4 is 27.3 Å². The molecule has 0 spiro atoms. The number of nitro benzene ring substituents is 1. The van der Waals surface area contributed by atoms with Gasteiger partial charge >= 0.3 is 0 Å². The monoisotopic (exact) mass is 299 g/mol. The Morgan fingerprint density at radius 3 is 3.06 bits per heavy atom. The third kappa shape index (κ3) is 3.17. The van der Waals surface area contributed by atoms with Gasteiger partial charge in [-0.3, -0.25) is 10.1 Å². The molecule has 0 amide bonds. The molecule has 92 valence electrons. The lowest BCUT2D eigenvalue weighted by Crippen LogP contribution is -2.17. The van der Waals surface area contributed by atoms with Crippen LogP contribution in [0.1, 0.15) is 6.42 Å². The van der Waals surface area contributed by atoms with Crippen molar-refractivity contribution in [1.82, 2.24) is 5.32 Å². The molecule has 1 aliphatic rings. The second kappa shape index (κ2) is 5.46. The standard InChI is InChI=1S/C11H14BrN3O2/c12-9-1-2-10(11(5-9)15(16)17)14-7-8-3-4-13-6-8/h1-2,5,8,13-14H,3-4,6-7H2. The molecule has 1 aliphatic heterocycles. The van der Waals surface area contributed by atoms with Gasteiger partial charge in [-0.2, -0.15) is 0 Å². The van der Waals surface area contributed by atoms with Crippen molar-refractivity contribution in [2.45, 2.75) is 6.42 Å². The summed E-state index contributed by atoms with van der Waals surface area (Å²) in [5, 5.41) is 17.3. The number of rotatable bonds is 4. The fourth-order valence-corrected chi connectivity index (χ4v) is 2.30. The average Bonchev–Trinajstić information content (AvgIpc) is 2.80. The second-order valence-corrected chi connectivity index (χ2v) is 5.07. The third-order valence-corrected chi connectivity index (χ3v) is 3.39. The SMILES string of the molecule is O=[N+]([O-])c1cc(Br)ccc1NCC1CCNC1. The fraction of sp³-hybridized carbons (Fsp3) is 0.455. The molecule has 17 heavy (non-hydrogen) atoms. The zero-order valence-corrected chi connectivity index (χ0v) is 10.9. The molecule has 1 fully saturated rings. The first-order chi connectivity index (χ1) is 8.16. The maximum atomic E-state index is 10.9. The average molecular weight is 300 g/mol. The van der Waals surface area contributed by atoms with E-state index >= 15 is 0 Å². The zero-order valence-electron chi connectivity index (χ0n) is 9.28. The van der Waals surface area contributed by atoms with Crippen molar-refractivity contribution in [3.63, 3.8) is 0 Å². The molecule has 1 atom stereocenters. The van der Waals surface area contributed by atoms with Gasteiger partial charge in [0, 0.05) is 17.1 Å². The molecule has 0 radical (unpaired) electrons. The summed E-state index contributed by atoms with van der Waals surface area (Å²) < 4.78 is 0.720. The fourth-order valence-electron chi connectivity index (χ4n) is 1.95. The van der Waals surface area contributed by atoms with Crippen LogP contribution in [0.25, 0.3) is 0 Å². The highest BCUT2D eigenvalue weighted by atomic mass is 79.9. The normalized spacial score (nSPS) is 19.2. The topological polar surface area (TPSA) is 67.2 Å². The summed E-state index contributed by atoms with van der Waals surface area (Å²) in [7, 11) is 0. The van der Waals surface area contributed by atoms with E-state index in [1.807, 2.05) is 6.07 Å². The predicted octanol–water partition coefficient (Wildman–Crippen LogP) is 2.38. The molecule has 0 saturated carbocycles. The Bertz CT molecular complexity index is 419. The first kappa shape index (κ1) is 12.3. The van der Waals surface area contributed by atoms with E-state index in [4.69, 9.17) is 0 Å². The first-order valence-electron chi connectivity index (χ1n) is 5.55. The first-order valence-corrected chi connectivity index (χ1v) is 6.34. The van der Waals surface area contributed by atoms with Crippen molar-refractivity contribution in [3.8, 4) is 0 Å². The van der Waals surface area contributed by atoms with Crippen molar-refractivity contribution in [3.05, 3.63) is 32.8 Å². The molecule has 0 aliphatic carbocycles. The van der Waals surface area contributed by atoms with Crippen molar-refractivity contribution < 1.29 is 4.92 Å². The van der Waals surface area contributed by atoms with E-state index in [1.165, 1.54) is 6.07 Å². The van der Waals surface area contributed by atoms with Crippen LogP contribution >= 0.6 is 15.9 Å². The molecule has 1 heterocycles. The van der Waals surface area contributed by atoms with Gasteiger partial charge in [-0.05, 0) is 37.6 Å². The number of nitrogens with zero attached hydrogens (tertiary/aromatic N) is 1. The predicted molar refractivity (Wildman–Crippen MR) is 70.3 cm³/mol. The quantitative estimate of drug-likeness (QED) is 0.662. The van der Waals surface area contributed by atoms with Crippen LogP contribution in [0.4, 0.5) is 11.4 Å². The van der Waals surface area contributed by atoms with Crippen molar-refractivity contribution in [2.24, 2.45) is 5.92 Å². The Morgan fingerprint density at radius 1 is 1.59 bits per heavy atom. The van der Waals surface area contributed by atoms with Crippen LogP contribution in [0.2, 0.25) is 0 Å². The smallest absolute Gasteiger partial charge is 0.293 e. The molecule has 0 bridgehead atoms. The lowest BCUT2D eigenvalue weighted by atomic mass is 10.1. The molecule has 1 saturated heterocycles. The second-order valence-electron chi connectivity index (χ2n) is 4.16. The van der Waals surface area contributed by atoms with Crippen LogP contribution in [0, 0.1) is 16.0 Å².